The van der Waals surface area contributed by atoms with Crippen LogP contribution in [0.15, 0.2) is 21.1 Å². The molecule has 14 heavy (non-hydrogen) atoms. The minimum Gasteiger partial charge on any atom is -0.376 e. The second-order valence-corrected chi connectivity index (χ2v) is 4.67. The molecule has 0 atom stereocenters. The van der Waals surface area contributed by atoms with Gasteiger partial charge in [0.1, 0.15) is 0 Å². The average Bonchev–Trinajstić information content (AvgIpc) is 2.08. The van der Waals surface area contributed by atoms with E-state index in [0.29, 0.717) is 11.3 Å². The number of benzene rings is 1. The van der Waals surface area contributed by atoms with Crippen molar-refractivity contribution in [3.05, 3.63) is 26.6 Å². The van der Waals surface area contributed by atoms with Gasteiger partial charge in [-0.05, 0) is 40.3 Å². The smallest absolute Gasteiger partial charge is 0.168 e. The Labute approximate surface area is 103 Å². The summed E-state index contributed by atoms with van der Waals surface area (Å²) in [5.74, 6) is 0. The molecule has 0 aliphatic heterocycles. The summed E-state index contributed by atoms with van der Waals surface area (Å²) >= 11 is 11.3. The number of nitrogens with two attached hydrogens (primary N) is 1. The van der Waals surface area contributed by atoms with Crippen molar-refractivity contribution in [2.24, 2.45) is 5.73 Å². The summed E-state index contributed by atoms with van der Waals surface area (Å²) in [5.41, 5.74) is 6.39. The van der Waals surface area contributed by atoms with Crippen molar-refractivity contribution in [2.45, 2.75) is 0 Å². The van der Waals surface area contributed by atoms with Gasteiger partial charge in [-0.3, -0.25) is 4.79 Å². The first-order valence-electron chi connectivity index (χ1n) is 3.55. The Hall–Kier alpha value is -0.460. The highest BCUT2D eigenvalue weighted by Crippen LogP contribution is 2.29. The van der Waals surface area contributed by atoms with Gasteiger partial charge in [-0.15, -0.1) is 0 Å². The van der Waals surface area contributed by atoms with Crippen LogP contribution in [-0.4, -0.2) is 11.4 Å². The van der Waals surface area contributed by atoms with E-state index >= 15 is 0 Å². The van der Waals surface area contributed by atoms with E-state index in [1.165, 1.54) is 0 Å². The lowest BCUT2D eigenvalue weighted by atomic mass is 10.2. The molecule has 1 aromatic carbocycles. The molecular weight excluding hydrogens is 332 g/mol. The second kappa shape index (κ2) is 4.86. The fourth-order valence-electron chi connectivity index (χ4n) is 0.942. The molecule has 0 unspecified atom stereocenters. The zero-order valence-corrected chi connectivity index (χ0v) is 10.9. The molecule has 0 heterocycles. The Balaban J connectivity index is 3.24. The van der Waals surface area contributed by atoms with Crippen molar-refractivity contribution < 1.29 is 4.79 Å². The van der Waals surface area contributed by atoms with Crippen LogP contribution < -0.4 is 11.1 Å². The normalized spacial score (nSPS) is 9.57. The Bertz CT molecular complexity index is 395. The Kier molecular flexibility index (Phi) is 4.03. The van der Waals surface area contributed by atoms with Crippen LogP contribution in [0.2, 0.25) is 0 Å². The summed E-state index contributed by atoms with van der Waals surface area (Å²) < 4.78 is 1.53. The Morgan fingerprint density at radius 2 is 2.14 bits per heavy atom. The quantitative estimate of drug-likeness (QED) is 0.643. The van der Waals surface area contributed by atoms with E-state index in [-0.39, 0.29) is 5.11 Å². The molecule has 1 rings (SSSR count). The standard InChI is InChI=1S/C8H6Br2N2OS/c9-5-1-4(3-13)7(6(10)2-5)12-8(11)14/h1-3H,(H3,11,12,14). The van der Waals surface area contributed by atoms with E-state index in [1.807, 2.05) is 0 Å². The first-order valence-corrected chi connectivity index (χ1v) is 5.54. The van der Waals surface area contributed by atoms with E-state index in [9.17, 15) is 4.79 Å². The molecule has 6 heteroatoms. The number of rotatable bonds is 2. The van der Waals surface area contributed by atoms with Gasteiger partial charge in [0.2, 0.25) is 0 Å². The lowest BCUT2D eigenvalue weighted by molar-refractivity contribution is 0.112. The van der Waals surface area contributed by atoms with Gasteiger partial charge in [-0.25, -0.2) is 0 Å². The van der Waals surface area contributed by atoms with Crippen molar-refractivity contribution in [3.8, 4) is 0 Å². The summed E-state index contributed by atoms with van der Waals surface area (Å²) in [5, 5.41) is 2.85. The minimum absolute atomic E-state index is 0.121. The number of carbonyl (C=O) groups excluding carboxylic acids is 1. The van der Waals surface area contributed by atoms with Gasteiger partial charge in [-0.2, -0.15) is 0 Å². The number of anilines is 1. The molecule has 0 aromatic heterocycles. The Morgan fingerprint density at radius 1 is 1.50 bits per heavy atom. The minimum atomic E-state index is 0.121. The molecule has 3 nitrogen and oxygen atoms in total. The number of thiocarbonyl (C=S) groups is 1. The number of nitrogens with one attached hydrogen (secondary N) is 1. The largest absolute Gasteiger partial charge is 0.376 e. The van der Waals surface area contributed by atoms with Crippen molar-refractivity contribution in [1.29, 1.82) is 0 Å². The van der Waals surface area contributed by atoms with Gasteiger partial charge in [0.15, 0.2) is 11.4 Å². The molecule has 0 amide bonds. The molecule has 0 radical (unpaired) electrons. The fourth-order valence-corrected chi connectivity index (χ4v) is 2.40. The van der Waals surface area contributed by atoms with Gasteiger partial charge < -0.3 is 11.1 Å². The van der Waals surface area contributed by atoms with Crippen molar-refractivity contribution in [3.63, 3.8) is 0 Å². The summed E-state index contributed by atoms with van der Waals surface area (Å²) in [7, 11) is 0. The van der Waals surface area contributed by atoms with Gasteiger partial charge in [-0.1, -0.05) is 15.9 Å². The van der Waals surface area contributed by atoms with Crippen LogP contribution in [0.4, 0.5) is 5.69 Å². The molecule has 0 bridgehead atoms. The van der Waals surface area contributed by atoms with Crippen molar-refractivity contribution in [2.75, 3.05) is 5.32 Å². The molecule has 0 aliphatic rings. The molecule has 0 saturated heterocycles. The van der Waals surface area contributed by atoms with Crippen molar-refractivity contribution in [1.82, 2.24) is 0 Å². The van der Waals surface area contributed by atoms with Gasteiger partial charge in [0, 0.05) is 14.5 Å². The zero-order valence-electron chi connectivity index (χ0n) is 6.88. The average molecular weight is 338 g/mol. The molecule has 74 valence electrons. The van der Waals surface area contributed by atoms with E-state index < -0.39 is 0 Å². The highest BCUT2D eigenvalue weighted by atomic mass is 79.9. The number of hydrogen-bond acceptors (Lipinski definition) is 2. The SMILES string of the molecule is NC(=S)Nc1c(Br)cc(Br)cc1C=O. The number of halogens is 2. The number of hydrogen-bond donors (Lipinski definition) is 2. The maximum absolute atomic E-state index is 10.7. The predicted octanol–water partition coefficient (Wildman–Crippen LogP) is 2.68. The first-order chi connectivity index (χ1) is 6.54. The van der Waals surface area contributed by atoms with Crippen LogP contribution in [0.1, 0.15) is 10.4 Å². The lowest BCUT2D eigenvalue weighted by Gasteiger charge is -2.09. The van der Waals surface area contributed by atoms with Crippen LogP contribution in [0.3, 0.4) is 0 Å². The van der Waals surface area contributed by atoms with E-state index in [0.717, 1.165) is 15.2 Å². The summed E-state index contributed by atoms with van der Waals surface area (Å²) in [6.07, 6.45) is 0.732. The van der Waals surface area contributed by atoms with Gasteiger partial charge in [0.25, 0.3) is 0 Å². The van der Waals surface area contributed by atoms with Crippen LogP contribution in [0, 0.1) is 0 Å². The topological polar surface area (TPSA) is 55.1 Å². The Morgan fingerprint density at radius 3 is 2.64 bits per heavy atom. The van der Waals surface area contributed by atoms with E-state index in [2.05, 4.69) is 37.2 Å². The highest BCUT2D eigenvalue weighted by Gasteiger charge is 2.08. The highest BCUT2D eigenvalue weighted by molar-refractivity contribution is 9.11. The van der Waals surface area contributed by atoms with Crippen LogP contribution in [-0.2, 0) is 0 Å². The maximum atomic E-state index is 10.7. The lowest BCUT2D eigenvalue weighted by Crippen LogP contribution is -2.20. The maximum Gasteiger partial charge on any atom is 0.168 e. The second-order valence-electron chi connectivity index (χ2n) is 2.46. The zero-order chi connectivity index (χ0) is 10.7. The number of aldehydes is 1. The molecule has 0 saturated carbocycles. The van der Waals surface area contributed by atoms with Gasteiger partial charge in [0.05, 0.1) is 5.69 Å². The molecule has 0 fully saturated rings. The third-order valence-corrected chi connectivity index (χ3v) is 2.65. The molecule has 1 aromatic rings. The van der Waals surface area contributed by atoms with Crippen LogP contribution in [0.25, 0.3) is 0 Å². The molecular formula is C8H6Br2N2OS. The van der Waals surface area contributed by atoms with Crippen LogP contribution >= 0.6 is 44.1 Å². The van der Waals surface area contributed by atoms with Crippen LogP contribution in [0.5, 0.6) is 0 Å². The summed E-state index contributed by atoms with van der Waals surface area (Å²) in [6, 6.07) is 3.48. The monoisotopic (exact) mass is 336 g/mol. The predicted molar refractivity (Wildman–Crippen MR) is 67.6 cm³/mol. The van der Waals surface area contributed by atoms with Crippen molar-refractivity contribution >= 4 is 61.2 Å². The molecule has 0 spiro atoms. The summed E-state index contributed by atoms with van der Waals surface area (Å²) in [6.45, 7) is 0. The summed E-state index contributed by atoms with van der Waals surface area (Å²) in [4.78, 5) is 10.7. The van der Waals surface area contributed by atoms with E-state index in [1.54, 1.807) is 12.1 Å². The molecule has 3 N–H and O–H groups in total. The fraction of sp³-hybridized carbons (Fsp3) is 0. The first kappa shape index (κ1) is 11.6. The third kappa shape index (κ3) is 2.76. The van der Waals surface area contributed by atoms with E-state index in [4.69, 9.17) is 18.0 Å². The van der Waals surface area contributed by atoms with Gasteiger partial charge >= 0.3 is 0 Å². The third-order valence-electron chi connectivity index (χ3n) is 1.46. The molecule has 0 aliphatic carbocycles. The number of carbonyl (C=O) groups is 1.